The summed E-state index contributed by atoms with van der Waals surface area (Å²) < 4.78 is 60.8. The number of rotatable bonds is 7. The van der Waals surface area contributed by atoms with Crippen molar-refractivity contribution >= 4 is 5.91 Å². The first-order valence-electron chi connectivity index (χ1n) is 9.21. The summed E-state index contributed by atoms with van der Waals surface area (Å²) in [5, 5.41) is 6.05. The van der Waals surface area contributed by atoms with Gasteiger partial charge in [-0.3, -0.25) is 4.79 Å². The van der Waals surface area contributed by atoms with Gasteiger partial charge in [0.2, 0.25) is 0 Å². The molecule has 1 aromatic heterocycles. The van der Waals surface area contributed by atoms with E-state index in [-0.39, 0.29) is 6.54 Å². The fraction of sp³-hybridized carbons (Fsp3) is 0.238. The molecule has 158 valence electrons. The first kappa shape index (κ1) is 21.4. The number of benzene rings is 2. The Balaban J connectivity index is 1.80. The molecule has 1 N–H and O–H groups in total. The van der Waals surface area contributed by atoms with Crippen LogP contribution in [0.5, 0.6) is 5.75 Å². The van der Waals surface area contributed by atoms with Crippen molar-refractivity contribution in [3.8, 4) is 11.4 Å². The molecule has 2 aromatic carbocycles. The van der Waals surface area contributed by atoms with Crippen molar-refractivity contribution in [2.24, 2.45) is 0 Å². The lowest BCUT2D eigenvalue weighted by Gasteiger charge is -2.13. The number of halogens is 4. The van der Waals surface area contributed by atoms with E-state index in [9.17, 15) is 22.4 Å². The first-order valence-corrected chi connectivity index (χ1v) is 9.21. The highest BCUT2D eigenvalue weighted by molar-refractivity contribution is 5.95. The van der Waals surface area contributed by atoms with Crippen LogP contribution in [0.3, 0.4) is 0 Å². The van der Waals surface area contributed by atoms with Gasteiger partial charge >= 0.3 is 6.18 Å². The van der Waals surface area contributed by atoms with E-state index in [0.717, 1.165) is 24.8 Å². The van der Waals surface area contributed by atoms with Gasteiger partial charge in [0.25, 0.3) is 5.91 Å². The second-order valence-corrected chi connectivity index (χ2v) is 6.44. The number of carbonyl (C=O) groups excluding carboxylic acids is 1. The number of nitrogens with zero attached hydrogens (tertiary/aromatic N) is 2. The van der Waals surface area contributed by atoms with E-state index < -0.39 is 34.8 Å². The zero-order valence-electron chi connectivity index (χ0n) is 16.0. The number of ether oxygens (including phenoxy) is 1. The molecular weight excluding hydrogens is 402 g/mol. The number of carbonyl (C=O) groups is 1. The van der Waals surface area contributed by atoms with Crippen molar-refractivity contribution in [2.75, 3.05) is 6.61 Å². The lowest BCUT2D eigenvalue weighted by Crippen LogP contribution is -2.26. The van der Waals surface area contributed by atoms with Crippen molar-refractivity contribution in [2.45, 2.75) is 26.1 Å². The van der Waals surface area contributed by atoms with Gasteiger partial charge in [-0.05, 0) is 36.2 Å². The molecule has 0 unspecified atom stereocenters. The van der Waals surface area contributed by atoms with Crippen molar-refractivity contribution in [1.29, 1.82) is 0 Å². The van der Waals surface area contributed by atoms with E-state index in [1.165, 1.54) is 12.1 Å². The van der Waals surface area contributed by atoms with Gasteiger partial charge < -0.3 is 10.1 Å². The van der Waals surface area contributed by atoms with E-state index in [1.54, 1.807) is 24.3 Å². The van der Waals surface area contributed by atoms with Gasteiger partial charge in [0.15, 0.2) is 5.69 Å². The summed E-state index contributed by atoms with van der Waals surface area (Å²) in [6, 6.07) is 11.8. The highest BCUT2D eigenvalue weighted by atomic mass is 19.4. The van der Waals surface area contributed by atoms with Crippen LogP contribution >= 0.6 is 0 Å². The molecule has 0 aliphatic heterocycles. The summed E-state index contributed by atoms with van der Waals surface area (Å²) in [5.74, 6) is -1.18. The molecule has 0 spiro atoms. The molecule has 30 heavy (non-hydrogen) atoms. The lowest BCUT2D eigenvalue weighted by atomic mass is 10.2. The summed E-state index contributed by atoms with van der Waals surface area (Å²) in [5.41, 5.74) is -1.74. The summed E-state index contributed by atoms with van der Waals surface area (Å²) in [6.45, 7) is 2.56. The second kappa shape index (κ2) is 8.98. The van der Waals surface area contributed by atoms with Crippen molar-refractivity contribution in [1.82, 2.24) is 15.1 Å². The van der Waals surface area contributed by atoms with Crippen LogP contribution < -0.4 is 10.1 Å². The molecule has 0 bridgehead atoms. The number of amides is 1. The lowest BCUT2D eigenvalue weighted by molar-refractivity contribution is -0.143. The molecule has 1 heterocycles. The molecule has 1 amide bonds. The zero-order valence-corrected chi connectivity index (χ0v) is 16.0. The molecule has 0 atom stereocenters. The van der Waals surface area contributed by atoms with Crippen LogP contribution in [0.2, 0.25) is 0 Å². The van der Waals surface area contributed by atoms with Crippen LogP contribution in [0.1, 0.15) is 35.0 Å². The predicted octanol–water partition coefficient (Wildman–Crippen LogP) is 4.75. The molecule has 0 fully saturated rings. The number of hydrogen-bond acceptors (Lipinski definition) is 3. The number of hydrogen-bond donors (Lipinski definition) is 1. The predicted molar refractivity (Wildman–Crippen MR) is 102 cm³/mol. The Morgan fingerprint density at radius 1 is 1.13 bits per heavy atom. The minimum absolute atomic E-state index is 0.00899. The minimum atomic E-state index is -4.91. The fourth-order valence-electron chi connectivity index (χ4n) is 2.79. The Bertz CT molecular complexity index is 1010. The van der Waals surface area contributed by atoms with E-state index in [1.807, 2.05) is 6.92 Å². The van der Waals surface area contributed by atoms with Gasteiger partial charge in [-0.15, -0.1) is 0 Å². The van der Waals surface area contributed by atoms with Gasteiger partial charge in [-0.1, -0.05) is 31.2 Å². The molecule has 3 aromatic rings. The SMILES string of the molecule is CCCOc1ccc(CNC(=O)c2cnn(-c3ccccc3F)c2C(F)(F)F)cc1. The Labute approximate surface area is 170 Å². The zero-order chi connectivity index (χ0) is 21.7. The largest absolute Gasteiger partial charge is 0.494 e. The average Bonchev–Trinajstić information content (AvgIpc) is 3.17. The van der Waals surface area contributed by atoms with Crippen LogP contribution in [0.25, 0.3) is 5.69 Å². The number of para-hydroxylation sites is 1. The molecule has 0 radical (unpaired) electrons. The fourth-order valence-corrected chi connectivity index (χ4v) is 2.79. The molecule has 0 aliphatic carbocycles. The summed E-state index contributed by atoms with van der Waals surface area (Å²) in [4.78, 5) is 12.4. The Morgan fingerprint density at radius 3 is 2.47 bits per heavy atom. The number of aromatic nitrogens is 2. The topological polar surface area (TPSA) is 56.1 Å². The molecular formula is C21H19F4N3O2. The van der Waals surface area contributed by atoms with E-state index >= 15 is 0 Å². The summed E-state index contributed by atoms with van der Waals surface area (Å²) >= 11 is 0. The highest BCUT2D eigenvalue weighted by Gasteiger charge is 2.40. The van der Waals surface area contributed by atoms with Crippen molar-refractivity contribution in [3.05, 3.63) is 77.4 Å². The summed E-state index contributed by atoms with van der Waals surface area (Å²) in [7, 11) is 0. The van der Waals surface area contributed by atoms with Crippen LogP contribution in [0.4, 0.5) is 17.6 Å². The molecule has 9 heteroatoms. The molecule has 5 nitrogen and oxygen atoms in total. The van der Waals surface area contributed by atoms with Crippen molar-refractivity contribution < 1.29 is 27.1 Å². The maximum absolute atomic E-state index is 14.0. The second-order valence-electron chi connectivity index (χ2n) is 6.44. The minimum Gasteiger partial charge on any atom is -0.494 e. The highest BCUT2D eigenvalue weighted by Crippen LogP contribution is 2.34. The molecule has 0 saturated carbocycles. The molecule has 3 rings (SSSR count). The normalized spacial score (nSPS) is 11.4. The van der Waals surface area contributed by atoms with Crippen molar-refractivity contribution in [3.63, 3.8) is 0 Å². The van der Waals surface area contributed by atoms with Gasteiger partial charge in [0, 0.05) is 6.54 Å². The number of alkyl halides is 3. The monoisotopic (exact) mass is 421 g/mol. The molecule has 0 saturated heterocycles. The van der Waals surface area contributed by atoms with Crippen LogP contribution in [-0.2, 0) is 12.7 Å². The van der Waals surface area contributed by atoms with E-state index in [4.69, 9.17) is 4.74 Å². The van der Waals surface area contributed by atoms with Gasteiger partial charge in [-0.2, -0.15) is 18.3 Å². The number of nitrogens with one attached hydrogen (secondary N) is 1. The third kappa shape index (κ3) is 4.79. The average molecular weight is 421 g/mol. The van der Waals surface area contributed by atoms with Crippen LogP contribution in [0.15, 0.2) is 54.7 Å². The Hall–Kier alpha value is -3.36. The first-order chi connectivity index (χ1) is 14.3. The van der Waals surface area contributed by atoms with Crippen LogP contribution in [-0.4, -0.2) is 22.3 Å². The van der Waals surface area contributed by atoms with E-state index in [2.05, 4.69) is 10.4 Å². The third-order valence-corrected chi connectivity index (χ3v) is 4.21. The van der Waals surface area contributed by atoms with Gasteiger partial charge in [0.1, 0.15) is 17.3 Å². The van der Waals surface area contributed by atoms with Gasteiger partial charge in [0.05, 0.1) is 18.4 Å². The Morgan fingerprint density at radius 2 is 1.83 bits per heavy atom. The Kier molecular flexibility index (Phi) is 6.39. The summed E-state index contributed by atoms with van der Waals surface area (Å²) in [6.07, 6.45) is -3.27. The standard InChI is InChI=1S/C21H19F4N3O2/c1-2-11-30-15-9-7-14(8-10-15)12-26-20(29)16-13-27-28(19(16)21(23,24)25)18-6-4-3-5-17(18)22/h3-10,13H,2,11-12H2,1H3,(H,26,29). The molecule has 0 aliphatic rings. The quantitative estimate of drug-likeness (QED) is 0.561. The van der Waals surface area contributed by atoms with E-state index in [0.29, 0.717) is 22.6 Å². The van der Waals surface area contributed by atoms with Gasteiger partial charge in [-0.25, -0.2) is 9.07 Å². The smallest absolute Gasteiger partial charge is 0.434 e. The maximum atomic E-state index is 14.0. The van der Waals surface area contributed by atoms with Crippen LogP contribution in [0, 0.1) is 5.82 Å². The maximum Gasteiger partial charge on any atom is 0.434 e. The third-order valence-electron chi connectivity index (χ3n) is 4.21.